The average molecular weight is 438 g/mol. The van der Waals surface area contributed by atoms with E-state index in [1.807, 2.05) is 12.1 Å². The number of hydrogen-bond donors (Lipinski definition) is 4. The fourth-order valence-electron chi connectivity index (χ4n) is 5.12. The maximum Gasteiger partial charge on any atom is 0.270 e. The largest absolute Gasteiger partial charge is 0.507 e. The van der Waals surface area contributed by atoms with E-state index in [4.69, 9.17) is 0 Å². The third kappa shape index (κ3) is 3.59. The number of hydrogen-bond acceptors (Lipinski definition) is 4. The van der Waals surface area contributed by atoms with Crippen molar-refractivity contribution in [1.29, 1.82) is 0 Å². The predicted molar refractivity (Wildman–Crippen MR) is 127 cm³/mol. The number of benzene rings is 1. The number of carbonyl (C=O) groups is 1. The molecule has 0 saturated heterocycles. The molecule has 32 heavy (non-hydrogen) atoms. The van der Waals surface area contributed by atoms with E-state index in [9.17, 15) is 14.7 Å². The molecule has 2 heterocycles. The van der Waals surface area contributed by atoms with Crippen LogP contribution in [0.15, 0.2) is 28.2 Å². The molecule has 0 radical (unpaired) electrons. The summed E-state index contributed by atoms with van der Waals surface area (Å²) in [4.78, 5) is 26.3. The van der Waals surface area contributed by atoms with E-state index in [-0.39, 0.29) is 33.3 Å². The molecule has 1 aromatic heterocycles. The van der Waals surface area contributed by atoms with Crippen LogP contribution in [0.3, 0.4) is 0 Å². The van der Waals surface area contributed by atoms with Crippen LogP contribution in [0.1, 0.15) is 96.4 Å². The molecule has 2 aliphatic rings. The fourth-order valence-corrected chi connectivity index (χ4v) is 5.12. The Bertz CT molecular complexity index is 1160. The van der Waals surface area contributed by atoms with Gasteiger partial charge in [0.05, 0.1) is 5.56 Å². The Morgan fingerprint density at radius 3 is 2.03 bits per heavy atom. The Morgan fingerprint density at radius 1 is 0.938 bits per heavy atom. The number of Topliss-reactive ketones (excluding diaryl/α,β-unsaturated/α-hetero) is 1. The van der Waals surface area contributed by atoms with Gasteiger partial charge in [-0.2, -0.15) is 0 Å². The van der Waals surface area contributed by atoms with Crippen molar-refractivity contribution in [3.8, 4) is 5.75 Å². The number of carbonyl (C=O) groups excluding carboxylic acids is 1. The van der Waals surface area contributed by atoms with Gasteiger partial charge in [-0.3, -0.25) is 19.8 Å². The van der Waals surface area contributed by atoms with Gasteiger partial charge in [0.2, 0.25) is 0 Å². The number of aromatic amines is 2. The summed E-state index contributed by atoms with van der Waals surface area (Å²) in [5.74, 6) is 0.494. The number of phenols is 1. The maximum atomic E-state index is 13.4. The van der Waals surface area contributed by atoms with Crippen molar-refractivity contribution < 1.29 is 9.90 Å². The smallest absolute Gasteiger partial charge is 0.270 e. The van der Waals surface area contributed by atoms with Crippen LogP contribution in [0.4, 0.5) is 5.82 Å². The zero-order chi connectivity index (χ0) is 23.8. The minimum atomic E-state index is -0.484. The lowest BCUT2D eigenvalue weighted by Gasteiger charge is -2.38. The molecule has 0 amide bonds. The van der Waals surface area contributed by atoms with Crippen LogP contribution in [0, 0.1) is 5.41 Å². The van der Waals surface area contributed by atoms with Crippen molar-refractivity contribution in [2.24, 2.45) is 5.41 Å². The summed E-state index contributed by atoms with van der Waals surface area (Å²) in [6.07, 6.45) is 1.17. The first-order valence-electron chi connectivity index (χ1n) is 11.3. The molecule has 2 aromatic rings. The normalized spacial score (nSPS) is 20.6. The molecule has 0 bridgehead atoms. The highest BCUT2D eigenvalue weighted by atomic mass is 16.3. The highest BCUT2D eigenvalue weighted by Crippen LogP contribution is 2.49. The van der Waals surface area contributed by atoms with Gasteiger partial charge in [-0.1, -0.05) is 67.5 Å². The molecule has 1 aromatic carbocycles. The van der Waals surface area contributed by atoms with Crippen LogP contribution in [0.2, 0.25) is 0 Å². The Balaban J connectivity index is 2.05. The van der Waals surface area contributed by atoms with Gasteiger partial charge >= 0.3 is 0 Å². The minimum absolute atomic E-state index is 0.0719. The number of aromatic hydroxyl groups is 1. The summed E-state index contributed by atoms with van der Waals surface area (Å²) in [7, 11) is 0. The highest BCUT2D eigenvalue weighted by Gasteiger charge is 2.43. The molecule has 1 aliphatic heterocycles. The lowest BCUT2D eigenvalue weighted by molar-refractivity contribution is -0.118. The fraction of sp³-hybridized carbons (Fsp3) is 0.538. The zero-order valence-corrected chi connectivity index (χ0v) is 20.4. The summed E-state index contributed by atoms with van der Waals surface area (Å²) < 4.78 is 0. The van der Waals surface area contributed by atoms with Gasteiger partial charge in [0.25, 0.3) is 5.56 Å². The highest BCUT2D eigenvalue weighted by molar-refractivity contribution is 6.01. The van der Waals surface area contributed by atoms with Crippen LogP contribution >= 0.6 is 0 Å². The van der Waals surface area contributed by atoms with Gasteiger partial charge in [-0.15, -0.1) is 0 Å². The molecule has 0 unspecified atom stereocenters. The predicted octanol–water partition coefficient (Wildman–Crippen LogP) is 5.20. The average Bonchev–Trinajstić information content (AvgIpc) is 2.98. The van der Waals surface area contributed by atoms with E-state index >= 15 is 0 Å². The number of anilines is 1. The van der Waals surface area contributed by atoms with Crippen molar-refractivity contribution >= 4 is 11.6 Å². The van der Waals surface area contributed by atoms with Crippen LogP contribution in [0.5, 0.6) is 5.75 Å². The number of nitrogens with one attached hydrogen (secondary N) is 3. The van der Waals surface area contributed by atoms with Crippen LogP contribution in [0.25, 0.3) is 0 Å². The van der Waals surface area contributed by atoms with Crippen LogP contribution in [-0.4, -0.2) is 21.1 Å². The molecule has 0 spiro atoms. The Labute approximate surface area is 189 Å². The van der Waals surface area contributed by atoms with E-state index < -0.39 is 5.92 Å². The summed E-state index contributed by atoms with van der Waals surface area (Å²) in [5.41, 5.74) is 3.58. The van der Waals surface area contributed by atoms with Gasteiger partial charge in [-0.05, 0) is 39.4 Å². The first kappa shape index (κ1) is 22.4. The molecular formula is C26H35N3O3. The number of H-pyrrole nitrogens is 2. The van der Waals surface area contributed by atoms with Crippen molar-refractivity contribution in [3.63, 3.8) is 0 Å². The lowest BCUT2D eigenvalue weighted by atomic mass is 9.68. The molecule has 1 atom stereocenters. The van der Waals surface area contributed by atoms with E-state index in [0.29, 0.717) is 23.4 Å². The van der Waals surface area contributed by atoms with E-state index in [1.165, 1.54) is 0 Å². The second-order valence-corrected chi connectivity index (χ2v) is 12.2. The maximum absolute atomic E-state index is 13.4. The number of ketones is 1. The molecular weight excluding hydrogens is 402 g/mol. The van der Waals surface area contributed by atoms with Crippen molar-refractivity contribution in [2.75, 3.05) is 5.32 Å². The lowest BCUT2D eigenvalue weighted by Crippen LogP contribution is -2.35. The summed E-state index contributed by atoms with van der Waals surface area (Å²) in [5, 5.41) is 20.2. The van der Waals surface area contributed by atoms with Gasteiger partial charge in [-0.25, -0.2) is 0 Å². The zero-order valence-electron chi connectivity index (χ0n) is 20.4. The number of fused-ring (bicyclic) bond motifs is 1. The molecule has 4 rings (SSSR count). The van der Waals surface area contributed by atoms with E-state index in [0.717, 1.165) is 28.8 Å². The minimum Gasteiger partial charge on any atom is -0.507 e. The molecule has 6 nitrogen and oxygen atoms in total. The monoisotopic (exact) mass is 437 g/mol. The Hall–Kier alpha value is -2.76. The third-order valence-corrected chi connectivity index (χ3v) is 6.67. The summed E-state index contributed by atoms with van der Waals surface area (Å²) >= 11 is 0. The first-order valence-corrected chi connectivity index (χ1v) is 11.3. The van der Waals surface area contributed by atoms with Crippen molar-refractivity contribution in [3.05, 3.63) is 56.0 Å². The van der Waals surface area contributed by atoms with E-state index in [2.05, 4.69) is 70.9 Å². The topological polar surface area (TPSA) is 98.0 Å². The number of aromatic nitrogens is 2. The van der Waals surface area contributed by atoms with E-state index in [1.54, 1.807) is 0 Å². The second kappa shape index (κ2) is 6.87. The van der Waals surface area contributed by atoms with Gasteiger partial charge in [0.15, 0.2) is 5.78 Å². The molecule has 6 heteroatoms. The quantitative estimate of drug-likeness (QED) is 0.493. The number of allylic oxidation sites excluding steroid dienone is 2. The standard InChI is InChI=1S/C26H35N3O3/c1-24(2,3)14-9-13(10-15(21(14)31)25(4,5)6)18-19-16(11-26(7,8)12-17(19)30)27-22-20(18)23(32)29-28-22/h9-10,18,31H,11-12H2,1-8H3,(H3,27,28,29,32)/t18-/m0/s1. The first-order chi connectivity index (χ1) is 14.6. The molecule has 0 fully saturated rings. The molecule has 4 N–H and O–H groups in total. The van der Waals surface area contributed by atoms with Crippen molar-refractivity contribution in [2.45, 2.75) is 85.0 Å². The SMILES string of the molecule is CC1(C)CC(=O)C2=C(C1)Nc1[nH][nH]c(=O)c1[C@H]2c1cc(C(C)(C)C)c(O)c(C(C)(C)C)c1. The molecule has 172 valence electrons. The third-order valence-electron chi connectivity index (χ3n) is 6.67. The Kier molecular flexibility index (Phi) is 4.81. The molecule has 1 aliphatic carbocycles. The van der Waals surface area contributed by atoms with Crippen molar-refractivity contribution in [1.82, 2.24) is 10.2 Å². The summed E-state index contributed by atoms with van der Waals surface area (Å²) in [6.45, 7) is 16.6. The van der Waals surface area contributed by atoms with Gasteiger partial charge in [0.1, 0.15) is 11.6 Å². The molecule has 0 saturated carbocycles. The number of phenolic OH excluding ortho intramolecular Hbond substituents is 1. The Morgan fingerprint density at radius 2 is 1.50 bits per heavy atom. The van der Waals surface area contributed by atoms with Gasteiger partial charge in [0, 0.05) is 23.6 Å². The summed E-state index contributed by atoms with van der Waals surface area (Å²) in [6, 6.07) is 3.96. The number of rotatable bonds is 1. The van der Waals surface area contributed by atoms with Gasteiger partial charge < -0.3 is 10.4 Å². The second-order valence-electron chi connectivity index (χ2n) is 12.2. The van der Waals surface area contributed by atoms with Crippen LogP contribution in [-0.2, 0) is 15.6 Å². The van der Waals surface area contributed by atoms with Crippen LogP contribution < -0.4 is 10.9 Å².